The molecule has 6 heteroatoms. The van der Waals surface area contributed by atoms with Crippen molar-refractivity contribution in [3.63, 3.8) is 0 Å². The zero-order chi connectivity index (χ0) is 21.7. The Morgan fingerprint density at radius 3 is 2.23 bits per heavy atom. The first-order chi connectivity index (χ1) is 14.3. The molecule has 2 atom stereocenters. The van der Waals surface area contributed by atoms with Gasteiger partial charge in [0.2, 0.25) is 5.91 Å². The van der Waals surface area contributed by atoms with Gasteiger partial charge in [0, 0.05) is 17.3 Å². The van der Waals surface area contributed by atoms with Gasteiger partial charge in [0.1, 0.15) is 0 Å². The van der Waals surface area contributed by atoms with Crippen LogP contribution in [-0.4, -0.2) is 11.9 Å². The van der Waals surface area contributed by atoms with Gasteiger partial charge in [-0.25, -0.2) is 0 Å². The number of amides is 1. The van der Waals surface area contributed by atoms with Gasteiger partial charge in [0.25, 0.3) is 0 Å². The Morgan fingerprint density at radius 1 is 0.867 bits per heavy atom. The Kier molecular flexibility index (Phi) is 6.57. The van der Waals surface area contributed by atoms with Crippen LogP contribution < -0.4 is 10.6 Å². The number of halogens is 3. The van der Waals surface area contributed by atoms with E-state index < -0.39 is 23.8 Å². The van der Waals surface area contributed by atoms with Crippen molar-refractivity contribution >= 4 is 11.6 Å². The lowest BCUT2D eigenvalue weighted by Gasteiger charge is -2.21. The molecule has 0 aliphatic rings. The molecular formula is C24H23F3N2O. The van der Waals surface area contributed by atoms with Crippen molar-refractivity contribution in [1.29, 1.82) is 0 Å². The Morgan fingerprint density at radius 2 is 1.53 bits per heavy atom. The standard InChI is InChI=1S/C24H23F3N2O/c1-16(19-11-8-12-20(15-19)24(25,26)27)28-17(2)23(30)29-22-14-7-6-13-21(22)18-9-4-3-5-10-18/h3-17,28H,1-2H3,(H,29,30)/t16-,17-/m1/s1. The van der Waals surface area contributed by atoms with Crippen LogP contribution >= 0.6 is 0 Å². The summed E-state index contributed by atoms with van der Waals surface area (Å²) in [7, 11) is 0. The van der Waals surface area contributed by atoms with Gasteiger partial charge in [0.05, 0.1) is 11.6 Å². The van der Waals surface area contributed by atoms with Gasteiger partial charge in [-0.15, -0.1) is 0 Å². The highest BCUT2D eigenvalue weighted by atomic mass is 19.4. The zero-order valence-corrected chi connectivity index (χ0v) is 16.7. The van der Waals surface area contributed by atoms with E-state index >= 15 is 0 Å². The smallest absolute Gasteiger partial charge is 0.324 e. The Hall–Kier alpha value is -3.12. The molecule has 3 rings (SSSR count). The van der Waals surface area contributed by atoms with Gasteiger partial charge in [-0.05, 0) is 43.2 Å². The predicted molar refractivity (Wildman–Crippen MR) is 113 cm³/mol. The average Bonchev–Trinajstić information content (AvgIpc) is 2.74. The number of rotatable bonds is 6. The second-order valence-corrected chi connectivity index (χ2v) is 7.13. The van der Waals surface area contributed by atoms with Crippen molar-refractivity contribution in [2.75, 3.05) is 5.32 Å². The molecular weight excluding hydrogens is 389 g/mol. The molecule has 3 aromatic rings. The van der Waals surface area contributed by atoms with Crippen LogP contribution in [0.4, 0.5) is 18.9 Å². The Balaban J connectivity index is 1.70. The Bertz CT molecular complexity index is 1000. The predicted octanol–water partition coefficient (Wildman–Crippen LogP) is 6.05. The number of benzene rings is 3. The number of para-hydroxylation sites is 1. The molecule has 0 saturated carbocycles. The van der Waals surface area contributed by atoms with Crippen LogP contribution in [0.25, 0.3) is 11.1 Å². The van der Waals surface area contributed by atoms with E-state index in [4.69, 9.17) is 0 Å². The van der Waals surface area contributed by atoms with E-state index in [1.165, 1.54) is 6.07 Å². The van der Waals surface area contributed by atoms with Crippen molar-refractivity contribution in [2.24, 2.45) is 0 Å². The quantitative estimate of drug-likeness (QED) is 0.517. The molecule has 0 fully saturated rings. The van der Waals surface area contributed by atoms with Gasteiger partial charge >= 0.3 is 6.18 Å². The van der Waals surface area contributed by atoms with Gasteiger partial charge in [-0.3, -0.25) is 10.1 Å². The normalized spacial score (nSPS) is 13.5. The minimum absolute atomic E-state index is 0.266. The topological polar surface area (TPSA) is 41.1 Å². The number of hydrogen-bond donors (Lipinski definition) is 2. The molecule has 0 spiro atoms. The fourth-order valence-electron chi connectivity index (χ4n) is 3.23. The summed E-state index contributed by atoms with van der Waals surface area (Å²) in [6.07, 6.45) is -4.40. The maximum atomic E-state index is 13.0. The highest BCUT2D eigenvalue weighted by molar-refractivity contribution is 5.98. The summed E-state index contributed by atoms with van der Waals surface area (Å²) in [5.74, 6) is -0.266. The monoisotopic (exact) mass is 412 g/mol. The second kappa shape index (κ2) is 9.13. The highest BCUT2D eigenvalue weighted by Crippen LogP contribution is 2.31. The third-order valence-corrected chi connectivity index (χ3v) is 4.88. The summed E-state index contributed by atoms with van der Waals surface area (Å²) < 4.78 is 38.9. The first-order valence-electron chi connectivity index (χ1n) is 9.64. The van der Waals surface area contributed by atoms with Gasteiger partial charge < -0.3 is 5.32 Å². The number of carbonyl (C=O) groups is 1. The van der Waals surface area contributed by atoms with E-state index in [1.54, 1.807) is 19.9 Å². The Labute approximate surface area is 173 Å². The number of alkyl halides is 3. The van der Waals surface area contributed by atoms with Gasteiger partial charge in [0.15, 0.2) is 0 Å². The summed E-state index contributed by atoms with van der Waals surface area (Å²) in [5, 5.41) is 5.99. The molecule has 2 N–H and O–H groups in total. The van der Waals surface area contributed by atoms with E-state index in [1.807, 2.05) is 54.6 Å². The van der Waals surface area contributed by atoms with Crippen LogP contribution in [0.3, 0.4) is 0 Å². The largest absolute Gasteiger partial charge is 0.416 e. The molecule has 0 saturated heterocycles. The van der Waals surface area contributed by atoms with Crippen LogP contribution in [0.5, 0.6) is 0 Å². The molecule has 0 heterocycles. The van der Waals surface area contributed by atoms with Crippen molar-refractivity contribution < 1.29 is 18.0 Å². The highest BCUT2D eigenvalue weighted by Gasteiger charge is 2.31. The van der Waals surface area contributed by atoms with E-state index in [-0.39, 0.29) is 5.91 Å². The third-order valence-electron chi connectivity index (χ3n) is 4.88. The number of carbonyl (C=O) groups excluding carboxylic acids is 1. The molecule has 0 bridgehead atoms. The van der Waals surface area contributed by atoms with Crippen LogP contribution in [0, 0.1) is 0 Å². The van der Waals surface area contributed by atoms with Gasteiger partial charge in [-0.2, -0.15) is 13.2 Å². The molecule has 1 amide bonds. The number of hydrogen-bond acceptors (Lipinski definition) is 2. The lowest BCUT2D eigenvalue weighted by atomic mass is 10.0. The average molecular weight is 412 g/mol. The van der Waals surface area contributed by atoms with E-state index in [9.17, 15) is 18.0 Å². The molecule has 3 nitrogen and oxygen atoms in total. The lowest BCUT2D eigenvalue weighted by molar-refractivity contribution is -0.137. The molecule has 156 valence electrons. The minimum atomic E-state index is -4.40. The first kappa shape index (κ1) is 21.6. The maximum absolute atomic E-state index is 13.0. The second-order valence-electron chi connectivity index (χ2n) is 7.13. The number of anilines is 1. The summed E-state index contributed by atoms with van der Waals surface area (Å²) in [6, 6.07) is 21.3. The van der Waals surface area contributed by atoms with E-state index in [0.29, 0.717) is 11.3 Å². The SMILES string of the molecule is C[C@@H](N[C@H](C)c1cccc(C(F)(F)F)c1)C(=O)Nc1ccccc1-c1ccccc1. The fraction of sp³-hybridized carbons (Fsp3) is 0.208. The molecule has 3 aromatic carbocycles. The summed E-state index contributed by atoms with van der Waals surface area (Å²) in [6.45, 7) is 3.42. The lowest BCUT2D eigenvalue weighted by Crippen LogP contribution is -2.39. The van der Waals surface area contributed by atoms with Crippen molar-refractivity contribution in [3.8, 4) is 11.1 Å². The fourth-order valence-corrected chi connectivity index (χ4v) is 3.23. The molecule has 0 aromatic heterocycles. The van der Waals surface area contributed by atoms with Crippen molar-refractivity contribution in [3.05, 3.63) is 90.0 Å². The van der Waals surface area contributed by atoms with Crippen molar-refractivity contribution in [1.82, 2.24) is 5.32 Å². The molecule has 0 unspecified atom stereocenters. The van der Waals surface area contributed by atoms with Crippen molar-refractivity contribution in [2.45, 2.75) is 32.1 Å². The maximum Gasteiger partial charge on any atom is 0.416 e. The molecule has 0 aliphatic heterocycles. The van der Waals surface area contributed by atoms with E-state index in [0.717, 1.165) is 23.3 Å². The third kappa shape index (κ3) is 5.27. The molecule has 30 heavy (non-hydrogen) atoms. The van der Waals surface area contributed by atoms with Crippen LogP contribution in [0.15, 0.2) is 78.9 Å². The van der Waals surface area contributed by atoms with E-state index in [2.05, 4.69) is 10.6 Å². The summed E-state index contributed by atoms with van der Waals surface area (Å²) in [5.41, 5.74) is 2.31. The zero-order valence-electron chi connectivity index (χ0n) is 16.7. The van der Waals surface area contributed by atoms with Crippen LogP contribution in [0.1, 0.15) is 31.0 Å². The first-order valence-corrected chi connectivity index (χ1v) is 9.64. The minimum Gasteiger partial charge on any atom is -0.324 e. The molecule has 0 radical (unpaired) electrons. The number of nitrogens with one attached hydrogen (secondary N) is 2. The van der Waals surface area contributed by atoms with Gasteiger partial charge in [-0.1, -0.05) is 60.7 Å². The van der Waals surface area contributed by atoms with Crippen LogP contribution in [0.2, 0.25) is 0 Å². The van der Waals surface area contributed by atoms with Crippen LogP contribution in [-0.2, 0) is 11.0 Å². The molecule has 0 aliphatic carbocycles. The summed E-state index contributed by atoms with van der Waals surface area (Å²) >= 11 is 0. The summed E-state index contributed by atoms with van der Waals surface area (Å²) in [4.78, 5) is 12.7.